The van der Waals surface area contributed by atoms with E-state index in [-0.39, 0.29) is 52.6 Å². The molecule has 0 bridgehead atoms. The number of piperidine rings is 2. The van der Waals surface area contributed by atoms with Crippen LogP contribution in [0.15, 0.2) is 48.8 Å². The number of fused-ring (bicyclic) bond motifs is 2. The fraction of sp³-hybridized carbons (Fsp3) is 0.500. The molecule has 65 heavy (non-hydrogen) atoms. The predicted molar refractivity (Wildman–Crippen MR) is 247 cm³/mol. The number of likely N-dealkylation sites (tertiary alicyclic amines) is 3. The number of aromatic hydroxyl groups is 2. The number of phenols is 2. The molecule has 17 heteroatoms. The van der Waals surface area contributed by atoms with E-state index in [9.17, 15) is 24.9 Å². The molecule has 2 aromatic carbocycles. The number of morpholine rings is 1. The van der Waals surface area contributed by atoms with Crippen molar-refractivity contribution in [1.29, 1.82) is 0 Å². The molecule has 5 N–H and O–H groups in total. The maximum absolute atomic E-state index is 13.6. The van der Waals surface area contributed by atoms with Crippen LogP contribution in [0, 0.1) is 5.41 Å². The number of phenolic OH excluding ortho intramolecular Hbond substituents is 2. The van der Waals surface area contributed by atoms with Crippen molar-refractivity contribution in [2.75, 3.05) is 76.2 Å². The van der Waals surface area contributed by atoms with E-state index in [1.54, 1.807) is 34.7 Å². The highest BCUT2D eigenvalue weighted by molar-refractivity contribution is 7.19. The van der Waals surface area contributed by atoms with Gasteiger partial charge in [0, 0.05) is 94.2 Å². The van der Waals surface area contributed by atoms with E-state index < -0.39 is 5.60 Å². The number of aliphatic hydroxyl groups is 1. The normalized spacial score (nSPS) is 19.8. The molecule has 16 nitrogen and oxygen atoms in total. The number of benzene rings is 2. The number of carbonyl (C=O) groups excluding carboxylic acids is 2. The second kappa shape index (κ2) is 17.4. The van der Waals surface area contributed by atoms with Gasteiger partial charge < -0.3 is 40.5 Å². The van der Waals surface area contributed by atoms with Gasteiger partial charge in [-0.1, -0.05) is 32.0 Å². The van der Waals surface area contributed by atoms with Crippen molar-refractivity contribution in [3.05, 3.63) is 81.5 Å². The number of aromatic nitrogens is 4. The van der Waals surface area contributed by atoms with E-state index in [2.05, 4.69) is 48.9 Å². The van der Waals surface area contributed by atoms with Crippen LogP contribution in [0.1, 0.15) is 89.4 Å². The molecule has 5 aliphatic heterocycles. The summed E-state index contributed by atoms with van der Waals surface area (Å²) < 4.78 is 6.72. The zero-order chi connectivity index (χ0) is 45.0. The quantitative estimate of drug-likeness (QED) is 0.144. The highest BCUT2D eigenvalue weighted by Gasteiger charge is 2.48. The Morgan fingerprint density at radius 3 is 2.25 bits per heavy atom. The third kappa shape index (κ3) is 8.96. The van der Waals surface area contributed by atoms with Crippen molar-refractivity contribution in [1.82, 2.24) is 39.5 Å². The van der Waals surface area contributed by atoms with E-state index in [4.69, 9.17) is 20.4 Å². The second-order valence-corrected chi connectivity index (χ2v) is 20.4. The molecular formula is C48H58N10O6S. The van der Waals surface area contributed by atoms with Crippen LogP contribution in [0.3, 0.4) is 0 Å². The van der Waals surface area contributed by atoms with E-state index in [1.807, 2.05) is 18.7 Å². The smallest absolute Gasteiger partial charge is 0.258 e. The number of nitrogen functional groups attached to an aromatic ring is 1. The Kier molecular flexibility index (Phi) is 11.6. The third-order valence-corrected chi connectivity index (χ3v) is 15.4. The molecule has 0 unspecified atom stereocenters. The summed E-state index contributed by atoms with van der Waals surface area (Å²) in [4.78, 5) is 57.4. The number of nitrogens with zero attached hydrogens (tertiary/aromatic N) is 9. The van der Waals surface area contributed by atoms with E-state index in [1.165, 1.54) is 10.9 Å². The molecule has 0 saturated carbocycles. The molecule has 4 fully saturated rings. The lowest BCUT2D eigenvalue weighted by atomic mass is 9.71. The van der Waals surface area contributed by atoms with Crippen LogP contribution in [-0.2, 0) is 35.7 Å². The van der Waals surface area contributed by atoms with Crippen LogP contribution >= 0.6 is 11.3 Å². The van der Waals surface area contributed by atoms with Crippen LogP contribution in [0.4, 0.5) is 11.8 Å². The highest BCUT2D eigenvalue weighted by atomic mass is 32.1. The Hall–Kier alpha value is -5.46. The van der Waals surface area contributed by atoms with Crippen LogP contribution in [0.2, 0.25) is 0 Å². The van der Waals surface area contributed by atoms with Gasteiger partial charge in [-0.15, -0.1) is 11.3 Å². The molecule has 0 radical (unpaired) electrons. The lowest BCUT2D eigenvalue weighted by Gasteiger charge is -2.54. The number of thiophene rings is 1. The number of anilines is 2. The minimum Gasteiger partial charge on any atom is -0.508 e. The molecule has 342 valence electrons. The van der Waals surface area contributed by atoms with Crippen molar-refractivity contribution in [2.45, 2.75) is 83.6 Å². The average Bonchev–Trinajstić information content (AvgIpc) is 3.90. The largest absolute Gasteiger partial charge is 0.508 e. The maximum atomic E-state index is 13.6. The van der Waals surface area contributed by atoms with Gasteiger partial charge in [-0.05, 0) is 79.1 Å². The number of nitrogens with two attached hydrogens (primary N) is 1. The minimum atomic E-state index is -1.01. The van der Waals surface area contributed by atoms with Crippen molar-refractivity contribution < 1.29 is 29.6 Å². The third-order valence-electron chi connectivity index (χ3n) is 14.3. The molecule has 10 rings (SSSR count). The van der Waals surface area contributed by atoms with Gasteiger partial charge in [0.15, 0.2) is 11.6 Å². The molecule has 0 atom stereocenters. The van der Waals surface area contributed by atoms with Gasteiger partial charge in [0.1, 0.15) is 11.5 Å². The number of ether oxygens (including phenoxy) is 1. The molecule has 5 aliphatic rings. The summed E-state index contributed by atoms with van der Waals surface area (Å²) in [5.41, 5.74) is 10.7. The van der Waals surface area contributed by atoms with E-state index in [0.717, 1.165) is 103 Å². The molecule has 4 saturated heterocycles. The number of hydrogen-bond acceptors (Lipinski definition) is 15. The van der Waals surface area contributed by atoms with Gasteiger partial charge in [0.2, 0.25) is 11.9 Å². The first-order valence-electron chi connectivity index (χ1n) is 22.9. The number of amides is 2. The van der Waals surface area contributed by atoms with Gasteiger partial charge in [-0.25, -0.2) is 19.9 Å². The number of rotatable bonds is 10. The Morgan fingerprint density at radius 2 is 1.52 bits per heavy atom. The summed E-state index contributed by atoms with van der Waals surface area (Å²) in [5, 5.41) is 32.4. The molecule has 3 aromatic heterocycles. The van der Waals surface area contributed by atoms with E-state index >= 15 is 0 Å². The van der Waals surface area contributed by atoms with Crippen LogP contribution in [0.25, 0.3) is 21.6 Å². The molecule has 8 heterocycles. The molecule has 5 aromatic rings. The minimum absolute atomic E-state index is 0.00353. The van der Waals surface area contributed by atoms with Crippen molar-refractivity contribution in [3.8, 4) is 22.9 Å². The maximum Gasteiger partial charge on any atom is 0.258 e. The van der Waals surface area contributed by atoms with Gasteiger partial charge in [0.05, 0.1) is 46.6 Å². The first kappa shape index (κ1) is 43.4. The topological polar surface area (TPSA) is 198 Å². The number of carbonyl (C=O) groups is 2. The van der Waals surface area contributed by atoms with E-state index in [0.29, 0.717) is 63.6 Å². The predicted octanol–water partition coefficient (Wildman–Crippen LogP) is 5.10. The lowest BCUT2D eigenvalue weighted by Crippen LogP contribution is -2.62. The van der Waals surface area contributed by atoms with Crippen molar-refractivity contribution in [3.63, 3.8) is 0 Å². The first-order valence-corrected chi connectivity index (χ1v) is 23.7. The monoisotopic (exact) mass is 902 g/mol. The Bertz CT molecular complexity index is 2590. The van der Waals surface area contributed by atoms with Crippen LogP contribution < -0.4 is 10.6 Å². The van der Waals surface area contributed by atoms with Crippen molar-refractivity contribution in [2.24, 2.45) is 5.41 Å². The fourth-order valence-corrected chi connectivity index (χ4v) is 11.5. The van der Waals surface area contributed by atoms with Crippen LogP contribution in [0.5, 0.6) is 11.5 Å². The SMILES string of the molecule is CC(C)c1cc(C(=O)N2Cc3ccc(CN4CCC(O)(CC(=O)N5CC6(CCN(Cc7cc8nc(-c9cnc(N)nc9)nc(N9CCOCC9)c8s7)CC6)C5)CC4)cc3C2)c(O)cc1O. The van der Waals surface area contributed by atoms with Gasteiger partial charge in [-0.2, -0.15) is 0 Å². The summed E-state index contributed by atoms with van der Waals surface area (Å²) >= 11 is 1.76. The Labute approximate surface area is 382 Å². The molecule has 2 amide bonds. The summed E-state index contributed by atoms with van der Waals surface area (Å²) in [5.74, 6) is 1.28. The van der Waals surface area contributed by atoms with Gasteiger partial charge in [0.25, 0.3) is 5.91 Å². The Morgan fingerprint density at radius 1 is 0.831 bits per heavy atom. The molecule has 1 spiro atoms. The van der Waals surface area contributed by atoms with Gasteiger partial charge >= 0.3 is 0 Å². The highest BCUT2D eigenvalue weighted by Crippen LogP contribution is 2.43. The average molecular weight is 903 g/mol. The summed E-state index contributed by atoms with van der Waals surface area (Å²) in [6.07, 6.45) is 6.67. The second-order valence-electron chi connectivity index (χ2n) is 19.3. The summed E-state index contributed by atoms with van der Waals surface area (Å²) in [6, 6.07) is 11.4. The van der Waals surface area contributed by atoms with Crippen LogP contribution in [-0.4, -0.2) is 138 Å². The zero-order valence-electron chi connectivity index (χ0n) is 37.2. The zero-order valence-corrected chi connectivity index (χ0v) is 38.0. The first-order chi connectivity index (χ1) is 31.3. The van der Waals surface area contributed by atoms with Crippen molar-refractivity contribution >= 4 is 45.1 Å². The number of hydrogen-bond donors (Lipinski definition) is 4. The fourth-order valence-electron chi connectivity index (χ4n) is 10.3. The molecule has 0 aliphatic carbocycles. The summed E-state index contributed by atoms with van der Waals surface area (Å²) in [7, 11) is 0. The summed E-state index contributed by atoms with van der Waals surface area (Å²) in [6.45, 7) is 14.1. The standard InChI is InChI=1S/C48H58N10O6S/c1-30(2)36-19-37(40(60)20-39(36)59)45(62)57-25-32-4-3-31(17-33(32)26-57)24-54-11-7-48(63,8-12-54)21-41(61)58-28-47(29-58)5-9-55(10-6-47)27-35-18-38-42(65-35)44(56-13-15-64-16-14-56)53-43(52-38)34-22-50-46(49)51-23-34/h3-4,17-20,22-23,30,59-60,63H,5-16,21,24-29H2,1-2H3,(H2,49,50,51). The Balaban J connectivity index is 0.688. The van der Waals surface area contributed by atoms with Gasteiger partial charge in [-0.3, -0.25) is 19.4 Å². The molecular weight excluding hydrogens is 845 g/mol. The lowest BCUT2D eigenvalue weighted by molar-refractivity contribution is -0.153.